The third kappa shape index (κ3) is 3.79. The summed E-state index contributed by atoms with van der Waals surface area (Å²) in [4.78, 5) is 4.51. The van der Waals surface area contributed by atoms with Crippen LogP contribution in [-0.4, -0.2) is 20.1 Å². The van der Waals surface area contributed by atoms with Gasteiger partial charge in [-0.25, -0.2) is 4.99 Å². The fraction of sp³-hybridized carbons (Fsp3) is 0.150. The Morgan fingerprint density at radius 1 is 0.880 bits per heavy atom. The Hall–Kier alpha value is -2.07. The molecule has 0 saturated heterocycles. The lowest BCUT2D eigenvalue weighted by atomic mass is 10.0. The molecule has 0 aliphatic rings. The summed E-state index contributed by atoms with van der Waals surface area (Å²) in [5.41, 5.74) is 1.40. The number of para-hydroxylation sites is 1. The number of hydrogen-bond acceptors (Lipinski definition) is 3. The van der Waals surface area contributed by atoms with Crippen LogP contribution in [-0.2, 0) is 9.47 Å². The molecule has 3 rings (SSSR count). The maximum absolute atomic E-state index is 6.21. The van der Waals surface area contributed by atoms with Crippen molar-refractivity contribution in [3.05, 3.63) is 76.3 Å². The second-order valence-electron chi connectivity index (χ2n) is 5.45. The maximum Gasteiger partial charge on any atom is 0.223 e. The Morgan fingerprint density at radius 3 is 2.20 bits per heavy atom. The monoisotopic (exact) mass is 373 g/mol. The second-order valence-corrected chi connectivity index (χ2v) is 6.26. The summed E-state index contributed by atoms with van der Waals surface area (Å²) in [6.07, 6.45) is -0.470. The van der Waals surface area contributed by atoms with Gasteiger partial charge in [-0.1, -0.05) is 65.7 Å². The SMILES string of the molecule is COC(=Nc1c(Cl)cccc1Cl)C(OC)c1ccc2ccccc2c1. The molecule has 0 amide bonds. The highest BCUT2D eigenvalue weighted by Crippen LogP contribution is 2.34. The van der Waals surface area contributed by atoms with E-state index in [9.17, 15) is 0 Å². The van der Waals surface area contributed by atoms with Gasteiger partial charge in [-0.05, 0) is 34.5 Å². The van der Waals surface area contributed by atoms with Crippen molar-refractivity contribution >= 4 is 45.6 Å². The minimum absolute atomic E-state index is 0.382. The Morgan fingerprint density at radius 2 is 1.56 bits per heavy atom. The second kappa shape index (κ2) is 7.87. The fourth-order valence-electron chi connectivity index (χ4n) is 2.67. The third-order valence-electron chi connectivity index (χ3n) is 3.90. The summed E-state index contributed by atoms with van der Waals surface area (Å²) >= 11 is 12.4. The van der Waals surface area contributed by atoms with Gasteiger partial charge in [-0.2, -0.15) is 0 Å². The van der Waals surface area contributed by atoms with E-state index in [-0.39, 0.29) is 0 Å². The van der Waals surface area contributed by atoms with Crippen molar-refractivity contribution in [3.8, 4) is 0 Å². The van der Waals surface area contributed by atoms with Crippen LogP contribution in [0.4, 0.5) is 5.69 Å². The highest BCUT2D eigenvalue weighted by molar-refractivity contribution is 6.38. The van der Waals surface area contributed by atoms with E-state index in [1.54, 1.807) is 32.4 Å². The quantitative estimate of drug-likeness (QED) is 0.401. The van der Waals surface area contributed by atoms with Crippen LogP contribution in [0, 0.1) is 0 Å². The molecular formula is C20H17Cl2NO2. The molecule has 0 spiro atoms. The first kappa shape index (κ1) is 17.7. The van der Waals surface area contributed by atoms with Crippen molar-refractivity contribution in [3.63, 3.8) is 0 Å². The molecule has 1 atom stereocenters. The van der Waals surface area contributed by atoms with Crippen molar-refractivity contribution in [2.75, 3.05) is 14.2 Å². The molecule has 128 valence electrons. The average Bonchev–Trinajstić information content (AvgIpc) is 2.63. The van der Waals surface area contributed by atoms with Gasteiger partial charge >= 0.3 is 0 Å². The molecule has 0 aliphatic heterocycles. The number of hydrogen-bond donors (Lipinski definition) is 0. The summed E-state index contributed by atoms with van der Waals surface area (Å²) in [7, 11) is 3.17. The smallest absolute Gasteiger partial charge is 0.223 e. The molecule has 0 aliphatic carbocycles. The van der Waals surface area contributed by atoms with Gasteiger partial charge < -0.3 is 9.47 Å². The van der Waals surface area contributed by atoms with Crippen LogP contribution in [0.3, 0.4) is 0 Å². The van der Waals surface area contributed by atoms with Crippen molar-refractivity contribution in [1.82, 2.24) is 0 Å². The highest BCUT2D eigenvalue weighted by atomic mass is 35.5. The van der Waals surface area contributed by atoms with Crippen LogP contribution in [0.5, 0.6) is 0 Å². The summed E-state index contributed by atoms with van der Waals surface area (Å²) in [5, 5.41) is 3.19. The molecule has 0 fully saturated rings. The lowest BCUT2D eigenvalue weighted by Gasteiger charge is -2.18. The minimum Gasteiger partial charge on any atom is -0.482 e. The first-order chi connectivity index (χ1) is 12.1. The predicted molar refractivity (Wildman–Crippen MR) is 104 cm³/mol. The van der Waals surface area contributed by atoms with E-state index < -0.39 is 6.10 Å². The molecule has 3 aromatic rings. The van der Waals surface area contributed by atoms with Crippen molar-refractivity contribution in [2.24, 2.45) is 4.99 Å². The Kier molecular flexibility index (Phi) is 5.59. The van der Waals surface area contributed by atoms with Gasteiger partial charge in [0.05, 0.1) is 17.2 Å². The first-order valence-corrected chi connectivity index (χ1v) is 8.47. The van der Waals surface area contributed by atoms with Gasteiger partial charge in [-0.3, -0.25) is 0 Å². The average molecular weight is 374 g/mol. The summed E-state index contributed by atoms with van der Waals surface area (Å²) in [6.45, 7) is 0. The zero-order valence-corrected chi connectivity index (χ0v) is 15.4. The molecule has 3 aromatic carbocycles. The number of aliphatic imine (C=N–C) groups is 1. The van der Waals surface area contributed by atoms with E-state index in [2.05, 4.69) is 23.2 Å². The van der Waals surface area contributed by atoms with Crippen LogP contribution in [0.2, 0.25) is 10.0 Å². The zero-order valence-electron chi connectivity index (χ0n) is 13.9. The molecule has 0 bridgehead atoms. The number of methoxy groups -OCH3 is 2. The van der Waals surface area contributed by atoms with Crippen LogP contribution in [0.15, 0.2) is 65.7 Å². The van der Waals surface area contributed by atoms with E-state index in [0.717, 1.165) is 16.3 Å². The molecular weight excluding hydrogens is 357 g/mol. The van der Waals surface area contributed by atoms with Gasteiger partial charge in [0.1, 0.15) is 5.69 Å². The molecule has 0 aromatic heterocycles. The fourth-order valence-corrected chi connectivity index (χ4v) is 3.15. The number of benzene rings is 3. The lowest BCUT2D eigenvalue weighted by molar-refractivity contribution is 0.135. The van der Waals surface area contributed by atoms with Gasteiger partial charge in [-0.15, -0.1) is 0 Å². The number of nitrogens with zero attached hydrogens (tertiary/aromatic N) is 1. The number of ether oxygens (including phenoxy) is 2. The molecule has 5 heteroatoms. The van der Waals surface area contributed by atoms with Crippen LogP contribution < -0.4 is 0 Å². The number of rotatable bonds is 4. The molecule has 0 heterocycles. The van der Waals surface area contributed by atoms with E-state index >= 15 is 0 Å². The van der Waals surface area contributed by atoms with Gasteiger partial charge in [0.2, 0.25) is 5.90 Å². The van der Waals surface area contributed by atoms with Crippen LogP contribution in [0.1, 0.15) is 11.7 Å². The Balaban J connectivity index is 2.06. The summed E-state index contributed by atoms with van der Waals surface area (Å²) in [5.74, 6) is 0.382. The normalized spacial score (nSPS) is 13.0. The molecule has 1 unspecified atom stereocenters. The van der Waals surface area contributed by atoms with Crippen molar-refractivity contribution in [2.45, 2.75) is 6.10 Å². The summed E-state index contributed by atoms with van der Waals surface area (Å²) in [6, 6.07) is 19.5. The van der Waals surface area contributed by atoms with E-state index in [1.807, 2.05) is 24.3 Å². The molecule has 3 nitrogen and oxygen atoms in total. The molecule has 0 radical (unpaired) electrons. The number of halogens is 2. The third-order valence-corrected chi connectivity index (χ3v) is 4.51. The van der Waals surface area contributed by atoms with Crippen molar-refractivity contribution < 1.29 is 9.47 Å². The summed E-state index contributed by atoms with van der Waals surface area (Å²) < 4.78 is 11.1. The largest absolute Gasteiger partial charge is 0.482 e. The minimum atomic E-state index is -0.470. The van der Waals surface area contributed by atoms with Crippen molar-refractivity contribution in [1.29, 1.82) is 0 Å². The highest BCUT2D eigenvalue weighted by Gasteiger charge is 2.20. The molecule has 0 saturated carbocycles. The Labute approximate surface area is 156 Å². The van der Waals surface area contributed by atoms with E-state index in [4.69, 9.17) is 32.7 Å². The molecule has 25 heavy (non-hydrogen) atoms. The maximum atomic E-state index is 6.21. The molecule has 0 N–H and O–H groups in total. The standard InChI is InChI=1S/C20H17Cl2NO2/c1-24-19(15-11-10-13-6-3-4-7-14(13)12-15)20(25-2)23-18-16(21)8-5-9-17(18)22/h3-12,19H,1-2H3. The lowest BCUT2D eigenvalue weighted by Crippen LogP contribution is -2.16. The Bertz CT molecular complexity index is 904. The van der Waals surface area contributed by atoms with Crippen LogP contribution >= 0.6 is 23.2 Å². The zero-order chi connectivity index (χ0) is 17.8. The van der Waals surface area contributed by atoms with Gasteiger partial charge in [0, 0.05) is 7.11 Å². The topological polar surface area (TPSA) is 30.8 Å². The van der Waals surface area contributed by atoms with Gasteiger partial charge in [0.25, 0.3) is 0 Å². The van der Waals surface area contributed by atoms with Crippen LogP contribution in [0.25, 0.3) is 10.8 Å². The van der Waals surface area contributed by atoms with E-state index in [1.165, 1.54) is 0 Å². The first-order valence-electron chi connectivity index (χ1n) is 7.72. The number of fused-ring (bicyclic) bond motifs is 1. The predicted octanol–water partition coefficient (Wildman–Crippen LogP) is 6.21. The van der Waals surface area contributed by atoms with Gasteiger partial charge in [0.15, 0.2) is 6.10 Å². The van der Waals surface area contributed by atoms with E-state index in [0.29, 0.717) is 21.6 Å².